The number of aromatic nitrogens is 3. The van der Waals surface area contributed by atoms with Crippen molar-refractivity contribution in [3.05, 3.63) is 51.3 Å². The lowest BCUT2D eigenvalue weighted by Crippen LogP contribution is -2.22. The van der Waals surface area contributed by atoms with Gasteiger partial charge in [-0.2, -0.15) is 5.10 Å². The van der Waals surface area contributed by atoms with Crippen molar-refractivity contribution in [2.75, 3.05) is 5.32 Å². The minimum atomic E-state index is -0.190. The summed E-state index contributed by atoms with van der Waals surface area (Å²) in [5, 5.41) is 8.21. The molecule has 1 atom stereocenters. The maximum Gasteiger partial charge on any atom is 0.247 e. The number of hydrogen-bond acceptors (Lipinski definition) is 5. The fourth-order valence-electron chi connectivity index (χ4n) is 3.43. The standard InChI is InChI=1S/C19H20N4O2S/c1-2-12-7-8-14-17(9-12)26-19(21-14)22-18(25)11-23-15-6-4-3-5-13(15)16(24)10-20-23/h3-6,10,12H,2,7-9,11H2,1H3,(H,21,22,25)/t12-/m0/s1. The molecular formula is C19H20N4O2S. The molecule has 0 fully saturated rings. The molecule has 1 aliphatic carbocycles. The lowest BCUT2D eigenvalue weighted by atomic mass is 9.89. The van der Waals surface area contributed by atoms with E-state index in [1.807, 2.05) is 6.07 Å². The monoisotopic (exact) mass is 368 g/mol. The van der Waals surface area contributed by atoms with Crippen molar-refractivity contribution >= 4 is 33.3 Å². The number of aryl methyl sites for hydroxylation is 1. The molecule has 7 heteroatoms. The van der Waals surface area contributed by atoms with E-state index in [4.69, 9.17) is 0 Å². The summed E-state index contributed by atoms with van der Waals surface area (Å²) < 4.78 is 1.55. The zero-order chi connectivity index (χ0) is 18.1. The lowest BCUT2D eigenvalue weighted by molar-refractivity contribution is -0.116. The predicted molar refractivity (Wildman–Crippen MR) is 103 cm³/mol. The zero-order valence-corrected chi connectivity index (χ0v) is 15.4. The fourth-order valence-corrected chi connectivity index (χ4v) is 4.57. The molecule has 0 saturated carbocycles. The van der Waals surface area contributed by atoms with Gasteiger partial charge < -0.3 is 5.32 Å². The van der Waals surface area contributed by atoms with Gasteiger partial charge in [0.2, 0.25) is 11.3 Å². The van der Waals surface area contributed by atoms with Crippen LogP contribution in [0.15, 0.2) is 35.3 Å². The highest BCUT2D eigenvalue weighted by Gasteiger charge is 2.22. The molecule has 134 valence electrons. The van der Waals surface area contributed by atoms with E-state index in [2.05, 4.69) is 22.3 Å². The van der Waals surface area contributed by atoms with Gasteiger partial charge in [0.15, 0.2) is 5.13 Å². The Hall–Kier alpha value is -2.54. The van der Waals surface area contributed by atoms with Gasteiger partial charge in [-0.1, -0.05) is 25.5 Å². The topological polar surface area (TPSA) is 76.9 Å². The zero-order valence-electron chi connectivity index (χ0n) is 14.6. The van der Waals surface area contributed by atoms with Gasteiger partial charge in [0, 0.05) is 10.3 Å². The Morgan fingerprint density at radius 1 is 1.38 bits per heavy atom. The lowest BCUT2D eigenvalue weighted by Gasteiger charge is -2.18. The summed E-state index contributed by atoms with van der Waals surface area (Å²) in [4.78, 5) is 30.2. The number of amides is 1. The average Bonchev–Trinajstić information content (AvgIpc) is 3.05. The van der Waals surface area contributed by atoms with Gasteiger partial charge in [-0.25, -0.2) is 4.98 Å². The molecule has 3 aromatic rings. The van der Waals surface area contributed by atoms with Crippen LogP contribution >= 0.6 is 11.3 Å². The Bertz CT molecular complexity index is 1020. The first-order valence-electron chi connectivity index (χ1n) is 8.87. The van der Waals surface area contributed by atoms with Crippen molar-refractivity contribution < 1.29 is 4.79 Å². The van der Waals surface area contributed by atoms with E-state index in [0.717, 1.165) is 24.5 Å². The molecular weight excluding hydrogens is 348 g/mol. The second-order valence-corrected chi connectivity index (χ2v) is 7.72. The SMILES string of the molecule is CC[C@H]1CCc2nc(NC(=O)Cn3ncc(=O)c4ccccc43)sc2C1. The van der Waals surface area contributed by atoms with Crippen LogP contribution < -0.4 is 10.7 Å². The number of anilines is 1. The first kappa shape index (κ1) is 16.9. The Morgan fingerprint density at radius 3 is 3.08 bits per heavy atom. The molecule has 0 spiro atoms. The molecule has 4 rings (SSSR count). The highest BCUT2D eigenvalue weighted by atomic mass is 32.1. The number of carbonyl (C=O) groups is 1. The third kappa shape index (κ3) is 3.26. The summed E-state index contributed by atoms with van der Waals surface area (Å²) in [5.74, 6) is 0.535. The summed E-state index contributed by atoms with van der Waals surface area (Å²) in [5.41, 5.74) is 1.64. The van der Waals surface area contributed by atoms with Gasteiger partial charge in [-0.3, -0.25) is 14.3 Å². The quantitative estimate of drug-likeness (QED) is 0.768. The summed E-state index contributed by atoms with van der Waals surface area (Å²) in [6.07, 6.45) is 5.66. The highest BCUT2D eigenvalue weighted by molar-refractivity contribution is 7.15. The van der Waals surface area contributed by atoms with Crippen LogP contribution in [0.1, 0.15) is 30.3 Å². The first-order valence-corrected chi connectivity index (χ1v) is 9.69. The summed E-state index contributed by atoms with van der Waals surface area (Å²) in [6, 6.07) is 7.17. The van der Waals surface area contributed by atoms with Gasteiger partial charge >= 0.3 is 0 Å². The predicted octanol–water partition coefficient (Wildman–Crippen LogP) is 3.01. The molecule has 0 aliphatic heterocycles. The van der Waals surface area contributed by atoms with Crippen LogP contribution in [0, 0.1) is 5.92 Å². The smallest absolute Gasteiger partial charge is 0.247 e. The Kier molecular flexibility index (Phi) is 4.55. The van der Waals surface area contributed by atoms with Crippen molar-refractivity contribution in [3.63, 3.8) is 0 Å². The van der Waals surface area contributed by atoms with Crippen LogP contribution in [0.5, 0.6) is 0 Å². The van der Waals surface area contributed by atoms with Crippen molar-refractivity contribution in [2.45, 2.75) is 39.2 Å². The number of thiazole rings is 1. The second kappa shape index (κ2) is 6.99. The molecule has 0 radical (unpaired) electrons. The van der Waals surface area contributed by atoms with Crippen LogP contribution in [-0.2, 0) is 24.2 Å². The highest BCUT2D eigenvalue weighted by Crippen LogP contribution is 2.33. The number of carbonyl (C=O) groups excluding carboxylic acids is 1. The average molecular weight is 368 g/mol. The van der Waals surface area contributed by atoms with Gasteiger partial charge in [-0.05, 0) is 37.3 Å². The third-order valence-electron chi connectivity index (χ3n) is 4.92. The molecule has 0 unspecified atom stereocenters. The molecule has 0 saturated heterocycles. The van der Waals surface area contributed by atoms with Gasteiger partial charge in [0.05, 0.1) is 17.4 Å². The molecule has 2 heterocycles. The minimum absolute atomic E-state index is 0.0443. The number of hydrogen-bond donors (Lipinski definition) is 1. The first-order chi connectivity index (χ1) is 12.6. The summed E-state index contributed by atoms with van der Waals surface area (Å²) >= 11 is 1.58. The second-order valence-electron chi connectivity index (χ2n) is 6.64. The number of benzene rings is 1. The maximum absolute atomic E-state index is 12.5. The van der Waals surface area contributed by atoms with E-state index in [9.17, 15) is 9.59 Å². The molecule has 26 heavy (non-hydrogen) atoms. The number of fused-ring (bicyclic) bond motifs is 2. The van der Waals surface area contributed by atoms with Crippen LogP contribution in [-0.4, -0.2) is 20.7 Å². The maximum atomic E-state index is 12.5. The number of rotatable bonds is 4. The Morgan fingerprint density at radius 2 is 2.23 bits per heavy atom. The molecule has 6 nitrogen and oxygen atoms in total. The van der Waals surface area contributed by atoms with Gasteiger partial charge in [0.1, 0.15) is 6.54 Å². The van der Waals surface area contributed by atoms with Crippen LogP contribution in [0.2, 0.25) is 0 Å². The largest absolute Gasteiger partial charge is 0.300 e. The molecule has 2 aromatic heterocycles. The normalized spacial score (nSPS) is 16.4. The van der Waals surface area contributed by atoms with E-state index in [1.54, 1.807) is 34.2 Å². The van der Waals surface area contributed by atoms with E-state index < -0.39 is 0 Å². The van der Waals surface area contributed by atoms with Gasteiger partial charge in [-0.15, -0.1) is 11.3 Å². The van der Waals surface area contributed by atoms with Crippen molar-refractivity contribution in [1.29, 1.82) is 0 Å². The molecule has 1 amide bonds. The van der Waals surface area contributed by atoms with Gasteiger partial charge in [0.25, 0.3) is 0 Å². The van der Waals surface area contributed by atoms with E-state index in [-0.39, 0.29) is 17.9 Å². The molecule has 0 bridgehead atoms. The fraction of sp³-hybridized carbons (Fsp3) is 0.368. The van der Waals surface area contributed by atoms with Crippen LogP contribution in [0.4, 0.5) is 5.13 Å². The Balaban J connectivity index is 1.51. The third-order valence-corrected chi connectivity index (χ3v) is 5.96. The molecule has 1 N–H and O–H groups in total. The Labute approximate surface area is 154 Å². The van der Waals surface area contributed by atoms with E-state index in [1.165, 1.54) is 23.9 Å². The molecule has 1 aliphatic rings. The van der Waals surface area contributed by atoms with Crippen molar-refractivity contribution in [1.82, 2.24) is 14.8 Å². The van der Waals surface area contributed by atoms with Crippen LogP contribution in [0.25, 0.3) is 10.9 Å². The summed E-state index contributed by atoms with van der Waals surface area (Å²) in [6.45, 7) is 2.27. The van der Waals surface area contributed by atoms with E-state index in [0.29, 0.717) is 16.0 Å². The number of nitrogens with zero attached hydrogens (tertiary/aromatic N) is 3. The van der Waals surface area contributed by atoms with Crippen LogP contribution in [0.3, 0.4) is 0 Å². The summed E-state index contributed by atoms with van der Waals surface area (Å²) in [7, 11) is 0. The number of nitrogens with one attached hydrogen (secondary N) is 1. The minimum Gasteiger partial charge on any atom is -0.300 e. The van der Waals surface area contributed by atoms with Crippen molar-refractivity contribution in [3.8, 4) is 0 Å². The van der Waals surface area contributed by atoms with Crippen molar-refractivity contribution in [2.24, 2.45) is 5.92 Å². The molecule has 1 aromatic carbocycles. The van der Waals surface area contributed by atoms with E-state index >= 15 is 0 Å². The number of para-hydroxylation sites is 1.